The Morgan fingerprint density at radius 3 is 2.48 bits per heavy atom. The van der Waals surface area contributed by atoms with Gasteiger partial charge in [0.1, 0.15) is 17.0 Å². The number of pyridine rings is 1. The molecular formula is C30H26F2N10O2. The quantitative estimate of drug-likeness (QED) is 0.266. The molecule has 0 N–H and O–H groups in total. The van der Waals surface area contributed by atoms with Gasteiger partial charge in [-0.3, -0.25) is 14.7 Å². The molecule has 0 bridgehead atoms. The van der Waals surface area contributed by atoms with Crippen molar-refractivity contribution in [2.75, 3.05) is 26.2 Å². The smallest absolute Gasteiger partial charge is 0.350 e. The van der Waals surface area contributed by atoms with Crippen LogP contribution >= 0.6 is 0 Å². The molecule has 5 heterocycles. The number of tetrazole rings is 1. The Hall–Kier alpha value is -5.37. The molecule has 1 fully saturated rings. The Balaban J connectivity index is 1.08. The van der Waals surface area contributed by atoms with Gasteiger partial charge in [0, 0.05) is 62.9 Å². The molecule has 44 heavy (non-hydrogen) atoms. The molecule has 0 aliphatic carbocycles. The minimum absolute atomic E-state index is 0.177. The van der Waals surface area contributed by atoms with Gasteiger partial charge < -0.3 is 13.9 Å². The number of carbonyl (C=O) groups is 1. The zero-order valence-electron chi connectivity index (χ0n) is 23.5. The van der Waals surface area contributed by atoms with Gasteiger partial charge in [0.25, 0.3) is 5.91 Å². The molecule has 1 aliphatic rings. The highest BCUT2D eigenvalue weighted by Gasteiger charge is 2.32. The number of imidazole rings is 1. The Bertz CT molecular complexity index is 1930. The van der Waals surface area contributed by atoms with Crippen LogP contribution in [0.4, 0.5) is 8.78 Å². The first kappa shape index (κ1) is 27.5. The molecule has 6 aromatic rings. The number of alkyl halides is 2. The van der Waals surface area contributed by atoms with Gasteiger partial charge in [0.15, 0.2) is 11.4 Å². The molecule has 0 spiro atoms. The van der Waals surface area contributed by atoms with Crippen LogP contribution in [0.15, 0.2) is 83.7 Å². The van der Waals surface area contributed by atoms with Crippen LogP contribution in [0.3, 0.4) is 0 Å². The summed E-state index contributed by atoms with van der Waals surface area (Å²) in [6, 6.07) is 18.1. The summed E-state index contributed by atoms with van der Waals surface area (Å²) in [6.45, 7) is -1.15. The van der Waals surface area contributed by atoms with E-state index in [2.05, 4.69) is 35.3 Å². The predicted octanol–water partition coefficient (Wildman–Crippen LogP) is 4.22. The summed E-state index contributed by atoms with van der Waals surface area (Å²) in [7, 11) is 1.93. The Kier molecular flexibility index (Phi) is 7.10. The van der Waals surface area contributed by atoms with Crippen LogP contribution < -0.4 is 0 Å². The number of benzene rings is 2. The van der Waals surface area contributed by atoms with Crippen molar-refractivity contribution in [2.45, 2.75) is 12.6 Å². The van der Waals surface area contributed by atoms with E-state index in [0.717, 1.165) is 17.0 Å². The van der Waals surface area contributed by atoms with E-state index in [1.807, 2.05) is 66.3 Å². The molecule has 1 unspecified atom stereocenters. The molecule has 0 radical (unpaired) electrons. The second-order valence-corrected chi connectivity index (χ2v) is 10.4. The number of aromatic nitrogens is 8. The average molecular weight is 597 g/mol. The SMILES string of the molecule is Cn1ccnc1-c1ccc2nc(-c3ccnc(C(=O)N4CCN(C(c5ccccc5)c5nnn(C(F)F)n5)CC4)c3)oc2c1. The van der Waals surface area contributed by atoms with Crippen molar-refractivity contribution in [3.63, 3.8) is 0 Å². The van der Waals surface area contributed by atoms with Crippen LogP contribution in [-0.4, -0.2) is 81.6 Å². The Labute approximate surface area is 249 Å². The van der Waals surface area contributed by atoms with Gasteiger partial charge in [-0.05, 0) is 41.1 Å². The first-order valence-corrected chi connectivity index (χ1v) is 13.9. The molecule has 1 aliphatic heterocycles. The number of amides is 1. The first-order chi connectivity index (χ1) is 21.4. The number of carbonyl (C=O) groups excluding carboxylic acids is 1. The molecule has 0 saturated carbocycles. The standard InChI is InChI=1S/C30H26F2N10O2/c1-39-12-11-34-27(39)20-7-8-22-24(18-20)44-28(35-22)21-9-10-33-23(17-21)29(43)41-15-13-40(14-16-41)25(19-5-3-2-4-6-19)26-36-38-42(37-26)30(31)32/h2-12,17-18,25,30H,13-16H2,1H3. The topological polar surface area (TPSA) is 124 Å². The molecule has 12 nitrogen and oxygen atoms in total. The van der Waals surface area contributed by atoms with Crippen molar-refractivity contribution in [1.82, 2.24) is 49.5 Å². The summed E-state index contributed by atoms with van der Waals surface area (Å²) < 4.78 is 34.4. The third kappa shape index (κ3) is 5.19. The molecular weight excluding hydrogens is 570 g/mol. The number of nitrogens with zero attached hydrogens (tertiary/aromatic N) is 10. The van der Waals surface area contributed by atoms with Crippen molar-refractivity contribution in [1.29, 1.82) is 0 Å². The number of oxazole rings is 1. The summed E-state index contributed by atoms with van der Waals surface area (Å²) in [6.07, 6.45) is 5.18. The molecule has 222 valence electrons. The van der Waals surface area contributed by atoms with Gasteiger partial charge in [0.05, 0.1) is 6.04 Å². The van der Waals surface area contributed by atoms with Gasteiger partial charge >= 0.3 is 6.55 Å². The molecule has 4 aromatic heterocycles. The van der Waals surface area contributed by atoms with Crippen molar-refractivity contribution < 1.29 is 18.0 Å². The van der Waals surface area contributed by atoms with Crippen molar-refractivity contribution in [3.8, 4) is 22.8 Å². The number of fused-ring (bicyclic) bond motifs is 1. The van der Waals surface area contributed by atoms with E-state index < -0.39 is 12.6 Å². The normalized spacial score (nSPS) is 14.9. The van der Waals surface area contributed by atoms with Gasteiger partial charge in [0.2, 0.25) is 5.89 Å². The number of hydrogen-bond donors (Lipinski definition) is 0. The minimum atomic E-state index is -2.89. The second-order valence-electron chi connectivity index (χ2n) is 10.4. The van der Waals surface area contributed by atoms with Crippen LogP contribution in [0.25, 0.3) is 33.9 Å². The first-order valence-electron chi connectivity index (χ1n) is 13.9. The second kappa shape index (κ2) is 11.4. The number of aryl methyl sites for hydroxylation is 1. The largest absolute Gasteiger partial charge is 0.436 e. The summed E-state index contributed by atoms with van der Waals surface area (Å²) in [5.74, 6) is 1.15. The zero-order chi connectivity index (χ0) is 30.2. The lowest BCUT2D eigenvalue weighted by molar-refractivity contribution is 0.0385. The highest BCUT2D eigenvalue weighted by atomic mass is 19.3. The van der Waals surface area contributed by atoms with Crippen molar-refractivity contribution in [2.24, 2.45) is 7.05 Å². The van der Waals surface area contributed by atoms with E-state index in [9.17, 15) is 13.6 Å². The maximum absolute atomic E-state index is 13.5. The average Bonchev–Trinajstić information content (AvgIpc) is 3.82. The van der Waals surface area contributed by atoms with Crippen LogP contribution in [0, 0.1) is 0 Å². The minimum Gasteiger partial charge on any atom is -0.436 e. The van der Waals surface area contributed by atoms with Gasteiger partial charge in [-0.25, -0.2) is 9.97 Å². The fraction of sp³-hybridized carbons (Fsp3) is 0.233. The molecule has 14 heteroatoms. The van der Waals surface area contributed by atoms with E-state index in [4.69, 9.17) is 4.42 Å². The molecule has 2 aromatic carbocycles. The van der Waals surface area contributed by atoms with Crippen LogP contribution in [0.1, 0.15) is 34.5 Å². The monoisotopic (exact) mass is 596 g/mol. The molecule has 1 atom stereocenters. The lowest BCUT2D eigenvalue weighted by Crippen LogP contribution is -2.50. The lowest BCUT2D eigenvalue weighted by Gasteiger charge is -2.38. The van der Waals surface area contributed by atoms with E-state index in [1.165, 1.54) is 0 Å². The highest BCUT2D eigenvalue weighted by Crippen LogP contribution is 2.30. The van der Waals surface area contributed by atoms with Crippen molar-refractivity contribution >= 4 is 17.0 Å². The molecule has 1 saturated heterocycles. The number of hydrogen-bond acceptors (Lipinski definition) is 9. The maximum Gasteiger partial charge on any atom is 0.350 e. The van der Waals surface area contributed by atoms with Crippen LogP contribution in [0.2, 0.25) is 0 Å². The molecule has 1 amide bonds. The fourth-order valence-electron chi connectivity index (χ4n) is 5.44. The summed E-state index contributed by atoms with van der Waals surface area (Å²) in [4.78, 5) is 31.0. The van der Waals surface area contributed by atoms with E-state index in [0.29, 0.717) is 53.5 Å². The number of halogens is 2. The summed E-state index contributed by atoms with van der Waals surface area (Å²) >= 11 is 0. The fourth-order valence-corrected chi connectivity index (χ4v) is 5.44. The third-order valence-electron chi connectivity index (χ3n) is 7.64. The zero-order valence-corrected chi connectivity index (χ0v) is 23.5. The summed E-state index contributed by atoms with van der Waals surface area (Å²) in [5.41, 5.74) is 3.96. The predicted molar refractivity (Wildman–Crippen MR) is 154 cm³/mol. The van der Waals surface area contributed by atoms with E-state index >= 15 is 0 Å². The highest BCUT2D eigenvalue weighted by molar-refractivity contribution is 5.93. The summed E-state index contributed by atoms with van der Waals surface area (Å²) in [5, 5.41) is 11.4. The van der Waals surface area contributed by atoms with Crippen molar-refractivity contribution in [3.05, 3.63) is 96.3 Å². The van der Waals surface area contributed by atoms with Crippen LogP contribution in [0.5, 0.6) is 0 Å². The van der Waals surface area contributed by atoms with Gasteiger partial charge in [-0.1, -0.05) is 35.1 Å². The Morgan fingerprint density at radius 1 is 0.932 bits per heavy atom. The third-order valence-corrected chi connectivity index (χ3v) is 7.64. The van der Waals surface area contributed by atoms with Gasteiger partial charge in [-0.2, -0.15) is 8.78 Å². The van der Waals surface area contributed by atoms with Gasteiger partial charge in [-0.15, -0.1) is 10.2 Å². The number of rotatable bonds is 7. The van der Waals surface area contributed by atoms with Crippen LogP contribution in [-0.2, 0) is 7.05 Å². The number of piperazine rings is 1. The maximum atomic E-state index is 13.5. The lowest BCUT2D eigenvalue weighted by atomic mass is 10.0. The van der Waals surface area contributed by atoms with E-state index in [1.54, 1.807) is 29.4 Å². The molecule has 7 rings (SSSR count). The Morgan fingerprint density at radius 2 is 1.75 bits per heavy atom. The van der Waals surface area contributed by atoms with E-state index in [-0.39, 0.29) is 17.4 Å².